The number of Topliss-reactive ketones (excluding diaryl/α,β-unsaturated/α-hetero) is 1. The van der Waals surface area contributed by atoms with Crippen molar-refractivity contribution in [2.75, 3.05) is 6.61 Å². The summed E-state index contributed by atoms with van der Waals surface area (Å²) in [6.45, 7) is 3.90. The molecule has 0 atom stereocenters. The van der Waals surface area contributed by atoms with Crippen LogP contribution in [0.4, 0.5) is 0 Å². The Kier molecular flexibility index (Phi) is 4.53. The minimum Gasteiger partial charge on any atom is -0.485 e. The molecule has 0 heterocycles. The van der Waals surface area contributed by atoms with Crippen LogP contribution in [0.5, 0.6) is 5.75 Å². The maximum Gasteiger partial charge on any atom is 0.200 e. The van der Waals surface area contributed by atoms with Crippen LogP contribution in [0, 0.1) is 13.8 Å². The van der Waals surface area contributed by atoms with E-state index in [0.717, 1.165) is 16.7 Å². The number of hydrogen-bond donors (Lipinski definition) is 1. The highest BCUT2D eigenvalue weighted by Crippen LogP contribution is 2.15. The minimum absolute atomic E-state index is 0.00168. The van der Waals surface area contributed by atoms with Crippen LogP contribution in [0.3, 0.4) is 0 Å². The van der Waals surface area contributed by atoms with Crippen LogP contribution in [0.1, 0.15) is 27.0 Å². The SMILES string of the molecule is Cc1ccc(C)c(C(=O)COc2ccc(CO)cc2)c1. The highest BCUT2D eigenvalue weighted by molar-refractivity contribution is 5.98. The van der Waals surface area contributed by atoms with Gasteiger partial charge >= 0.3 is 0 Å². The molecule has 20 heavy (non-hydrogen) atoms. The molecule has 0 aliphatic rings. The smallest absolute Gasteiger partial charge is 0.200 e. The van der Waals surface area contributed by atoms with Gasteiger partial charge in [-0.15, -0.1) is 0 Å². The Morgan fingerprint density at radius 2 is 1.80 bits per heavy atom. The van der Waals surface area contributed by atoms with E-state index in [9.17, 15) is 4.79 Å². The van der Waals surface area contributed by atoms with E-state index in [0.29, 0.717) is 11.3 Å². The molecular weight excluding hydrogens is 252 g/mol. The third kappa shape index (κ3) is 3.45. The molecule has 0 spiro atoms. The fourth-order valence-electron chi connectivity index (χ4n) is 1.95. The lowest BCUT2D eigenvalue weighted by molar-refractivity contribution is 0.0920. The zero-order valence-electron chi connectivity index (χ0n) is 11.7. The maximum absolute atomic E-state index is 12.1. The number of carbonyl (C=O) groups excluding carboxylic acids is 1. The normalized spacial score (nSPS) is 10.3. The molecular formula is C17H18O3. The molecule has 2 rings (SSSR count). The van der Waals surface area contributed by atoms with Gasteiger partial charge in [-0.05, 0) is 43.2 Å². The van der Waals surface area contributed by atoms with Gasteiger partial charge in [0.1, 0.15) is 5.75 Å². The van der Waals surface area contributed by atoms with Crippen LogP contribution in [-0.2, 0) is 6.61 Å². The summed E-state index contributed by atoms with van der Waals surface area (Å²) in [5, 5.41) is 8.96. The van der Waals surface area contributed by atoms with Crippen molar-refractivity contribution in [2.45, 2.75) is 20.5 Å². The van der Waals surface area contributed by atoms with Gasteiger partial charge in [-0.3, -0.25) is 4.79 Å². The summed E-state index contributed by atoms with van der Waals surface area (Å²) in [4.78, 5) is 12.1. The number of aliphatic hydroxyl groups excluding tert-OH is 1. The Bertz CT molecular complexity index is 600. The van der Waals surface area contributed by atoms with Gasteiger partial charge in [0, 0.05) is 5.56 Å². The van der Waals surface area contributed by atoms with Crippen molar-refractivity contribution in [3.8, 4) is 5.75 Å². The molecule has 0 radical (unpaired) electrons. The molecule has 0 bridgehead atoms. The van der Waals surface area contributed by atoms with Gasteiger partial charge < -0.3 is 9.84 Å². The van der Waals surface area contributed by atoms with Crippen molar-refractivity contribution in [3.05, 3.63) is 64.7 Å². The molecule has 0 fully saturated rings. The van der Waals surface area contributed by atoms with Gasteiger partial charge in [-0.1, -0.05) is 29.8 Å². The van der Waals surface area contributed by atoms with E-state index >= 15 is 0 Å². The topological polar surface area (TPSA) is 46.5 Å². The lowest BCUT2D eigenvalue weighted by Gasteiger charge is -2.08. The fraction of sp³-hybridized carbons (Fsp3) is 0.235. The Morgan fingerprint density at radius 3 is 2.45 bits per heavy atom. The Morgan fingerprint density at radius 1 is 1.10 bits per heavy atom. The van der Waals surface area contributed by atoms with E-state index in [-0.39, 0.29) is 19.0 Å². The van der Waals surface area contributed by atoms with Crippen LogP contribution in [0.2, 0.25) is 0 Å². The second kappa shape index (κ2) is 6.35. The molecule has 0 saturated carbocycles. The molecule has 3 heteroatoms. The molecule has 3 nitrogen and oxygen atoms in total. The van der Waals surface area contributed by atoms with Gasteiger partial charge in [0.25, 0.3) is 0 Å². The van der Waals surface area contributed by atoms with Crippen molar-refractivity contribution in [3.63, 3.8) is 0 Å². The molecule has 1 N–H and O–H groups in total. The van der Waals surface area contributed by atoms with Crippen LogP contribution in [0.25, 0.3) is 0 Å². The molecule has 0 aliphatic heterocycles. The highest BCUT2D eigenvalue weighted by Gasteiger charge is 2.10. The van der Waals surface area contributed by atoms with E-state index in [2.05, 4.69) is 0 Å². The van der Waals surface area contributed by atoms with Crippen molar-refractivity contribution in [1.82, 2.24) is 0 Å². The summed E-state index contributed by atoms with van der Waals surface area (Å²) >= 11 is 0. The van der Waals surface area contributed by atoms with Crippen molar-refractivity contribution < 1.29 is 14.6 Å². The first kappa shape index (κ1) is 14.3. The maximum atomic E-state index is 12.1. The summed E-state index contributed by atoms with van der Waals surface area (Å²) in [6.07, 6.45) is 0. The summed E-state index contributed by atoms with van der Waals surface area (Å²) in [5.41, 5.74) is 3.54. The van der Waals surface area contributed by atoms with E-state index in [1.54, 1.807) is 24.3 Å². The zero-order chi connectivity index (χ0) is 14.5. The van der Waals surface area contributed by atoms with Gasteiger partial charge in [0.2, 0.25) is 0 Å². The number of aryl methyl sites for hydroxylation is 2. The lowest BCUT2D eigenvalue weighted by Crippen LogP contribution is -2.13. The molecule has 0 amide bonds. The van der Waals surface area contributed by atoms with E-state index in [4.69, 9.17) is 9.84 Å². The van der Waals surface area contributed by atoms with Gasteiger partial charge in [-0.2, -0.15) is 0 Å². The predicted molar refractivity (Wildman–Crippen MR) is 78.1 cm³/mol. The molecule has 0 unspecified atom stereocenters. The molecule has 104 valence electrons. The van der Waals surface area contributed by atoms with Crippen LogP contribution in [-0.4, -0.2) is 17.5 Å². The van der Waals surface area contributed by atoms with Gasteiger partial charge in [-0.25, -0.2) is 0 Å². The fourth-order valence-corrected chi connectivity index (χ4v) is 1.95. The number of rotatable bonds is 5. The standard InChI is InChI=1S/C17H18O3/c1-12-3-4-13(2)16(9-12)17(19)11-20-15-7-5-14(10-18)6-8-15/h3-9,18H,10-11H2,1-2H3. The molecule has 0 aromatic heterocycles. The van der Waals surface area contributed by atoms with Gasteiger partial charge in [0.15, 0.2) is 12.4 Å². The number of ketones is 1. The average molecular weight is 270 g/mol. The van der Waals surface area contributed by atoms with Crippen molar-refractivity contribution in [2.24, 2.45) is 0 Å². The number of carbonyl (C=O) groups is 1. The minimum atomic E-state index is -0.0302. The quantitative estimate of drug-likeness (QED) is 0.849. The summed E-state index contributed by atoms with van der Waals surface area (Å²) in [5.74, 6) is 0.596. The second-order valence-electron chi connectivity index (χ2n) is 4.83. The first-order valence-electron chi connectivity index (χ1n) is 6.53. The van der Waals surface area contributed by atoms with Crippen LogP contribution >= 0.6 is 0 Å². The first-order valence-corrected chi connectivity index (χ1v) is 6.53. The van der Waals surface area contributed by atoms with Crippen molar-refractivity contribution >= 4 is 5.78 Å². The molecule has 2 aromatic rings. The largest absolute Gasteiger partial charge is 0.485 e. The number of aliphatic hydroxyl groups is 1. The molecule has 0 aliphatic carbocycles. The number of ether oxygens (including phenoxy) is 1. The number of benzene rings is 2. The molecule has 2 aromatic carbocycles. The molecule has 0 saturated heterocycles. The van der Waals surface area contributed by atoms with E-state index in [1.165, 1.54) is 0 Å². The van der Waals surface area contributed by atoms with Crippen LogP contribution in [0.15, 0.2) is 42.5 Å². The highest BCUT2D eigenvalue weighted by atomic mass is 16.5. The second-order valence-corrected chi connectivity index (χ2v) is 4.83. The number of hydrogen-bond acceptors (Lipinski definition) is 3. The lowest BCUT2D eigenvalue weighted by atomic mass is 10.0. The van der Waals surface area contributed by atoms with Crippen molar-refractivity contribution in [1.29, 1.82) is 0 Å². The zero-order valence-corrected chi connectivity index (χ0v) is 11.7. The monoisotopic (exact) mass is 270 g/mol. The van der Waals surface area contributed by atoms with Crippen LogP contribution < -0.4 is 4.74 Å². The predicted octanol–water partition coefficient (Wildman–Crippen LogP) is 3.06. The Labute approximate surface area is 118 Å². The Balaban J connectivity index is 2.02. The van der Waals surface area contributed by atoms with E-state index < -0.39 is 0 Å². The Hall–Kier alpha value is -2.13. The third-order valence-electron chi connectivity index (χ3n) is 3.17. The average Bonchev–Trinajstić information content (AvgIpc) is 2.47. The van der Waals surface area contributed by atoms with Gasteiger partial charge in [0.05, 0.1) is 6.61 Å². The third-order valence-corrected chi connectivity index (χ3v) is 3.17. The van der Waals surface area contributed by atoms with E-state index in [1.807, 2.05) is 32.0 Å². The summed E-state index contributed by atoms with van der Waals surface area (Å²) < 4.78 is 5.49. The summed E-state index contributed by atoms with van der Waals surface area (Å²) in [6, 6.07) is 12.9. The first-order chi connectivity index (χ1) is 9.60. The summed E-state index contributed by atoms with van der Waals surface area (Å²) in [7, 11) is 0.